The minimum absolute atomic E-state index is 0.0270. The van der Waals surface area contributed by atoms with Crippen LogP contribution in [0, 0.1) is 13.8 Å². The van der Waals surface area contributed by atoms with E-state index in [1.54, 1.807) is 0 Å². The molecule has 3 nitrogen and oxygen atoms in total. The fourth-order valence-electron chi connectivity index (χ4n) is 3.12. The van der Waals surface area contributed by atoms with E-state index < -0.39 is 0 Å². The zero-order chi connectivity index (χ0) is 18.1. The van der Waals surface area contributed by atoms with E-state index in [1.165, 1.54) is 28.0 Å². The number of amides is 1. The van der Waals surface area contributed by atoms with Crippen LogP contribution in [0.25, 0.3) is 21.1 Å². The van der Waals surface area contributed by atoms with E-state index in [1.807, 2.05) is 6.07 Å². The Labute approximate surface area is 156 Å². The smallest absolute Gasteiger partial charge is 0.261 e. The summed E-state index contributed by atoms with van der Waals surface area (Å²) in [6, 6.07) is 18.7. The number of hydrogen-bond acceptors (Lipinski definition) is 3. The lowest BCUT2D eigenvalue weighted by Crippen LogP contribution is -2.24. The highest BCUT2D eigenvalue weighted by molar-refractivity contribution is 7.20. The second-order valence-electron chi connectivity index (χ2n) is 6.68. The Morgan fingerprint density at radius 3 is 2.69 bits per heavy atom. The second-order valence-corrected chi connectivity index (χ2v) is 7.72. The number of carbonyl (C=O) groups excluding carboxylic acids is 1. The third-order valence-electron chi connectivity index (χ3n) is 4.46. The van der Waals surface area contributed by atoms with Gasteiger partial charge in [-0.15, -0.1) is 11.3 Å². The number of aryl methyl sites for hydroxylation is 2. The normalized spacial score (nSPS) is 11.2. The maximum atomic E-state index is 12.5. The highest BCUT2D eigenvalue weighted by atomic mass is 32.1. The van der Waals surface area contributed by atoms with Crippen LogP contribution in [0.5, 0.6) is 0 Å². The van der Waals surface area contributed by atoms with E-state index in [2.05, 4.69) is 67.7 Å². The standard InChI is InChI=1S/C22H20N2OS/c1-14-4-3-5-16(10-14)8-9-23-21(25)20-13-18-12-17-7-6-15(2)11-19(17)24-22(18)26-20/h3-7,10-13H,8-9H2,1-2H3,(H,23,25). The van der Waals surface area contributed by atoms with E-state index in [0.29, 0.717) is 11.4 Å². The third kappa shape index (κ3) is 3.46. The molecule has 2 aromatic heterocycles. The van der Waals surface area contributed by atoms with Crippen LogP contribution in [-0.2, 0) is 6.42 Å². The van der Waals surface area contributed by atoms with Gasteiger partial charge in [-0.25, -0.2) is 4.98 Å². The molecule has 0 bridgehead atoms. The molecule has 4 aromatic rings. The van der Waals surface area contributed by atoms with Gasteiger partial charge in [0.15, 0.2) is 0 Å². The van der Waals surface area contributed by atoms with Crippen LogP contribution in [0.2, 0.25) is 0 Å². The third-order valence-corrected chi connectivity index (χ3v) is 5.51. The Hall–Kier alpha value is -2.72. The summed E-state index contributed by atoms with van der Waals surface area (Å²) < 4.78 is 0. The molecule has 2 aromatic carbocycles. The molecule has 0 fully saturated rings. The van der Waals surface area contributed by atoms with Crippen LogP contribution in [0.15, 0.2) is 54.6 Å². The number of benzene rings is 2. The monoisotopic (exact) mass is 360 g/mol. The lowest BCUT2D eigenvalue weighted by molar-refractivity contribution is 0.0958. The Balaban J connectivity index is 1.50. The molecule has 0 aliphatic carbocycles. The number of thiophene rings is 1. The van der Waals surface area contributed by atoms with E-state index in [4.69, 9.17) is 4.98 Å². The molecular weight excluding hydrogens is 340 g/mol. The predicted octanol–water partition coefficient (Wildman–Crippen LogP) is 5.04. The van der Waals surface area contributed by atoms with Crippen LogP contribution < -0.4 is 5.32 Å². The summed E-state index contributed by atoms with van der Waals surface area (Å²) in [5.74, 6) is -0.0270. The first kappa shape index (κ1) is 16.7. The Bertz CT molecular complexity index is 1110. The van der Waals surface area contributed by atoms with Crippen molar-refractivity contribution in [3.63, 3.8) is 0 Å². The second kappa shape index (κ2) is 6.89. The van der Waals surface area contributed by atoms with E-state index >= 15 is 0 Å². The lowest BCUT2D eigenvalue weighted by atomic mass is 10.1. The van der Waals surface area contributed by atoms with Crippen molar-refractivity contribution in [2.75, 3.05) is 6.54 Å². The van der Waals surface area contributed by atoms with Gasteiger partial charge in [0, 0.05) is 17.3 Å². The zero-order valence-corrected chi connectivity index (χ0v) is 15.7. The fourth-order valence-corrected chi connectivity index (χ4v) is 4.06. The van der Waals surface area contributed by atoms with Crippen molar-refractivity contribution >= 4 is 38.4 Å². The Morgan fingerprint density at radius 1 is 1.00 bits per heavy atom. The summed E-state index contributed by atoms with van der Waals surface area (Å²) in [5.41, 5.74) is 4.65. The molecule has 0 spiro atoms. The first-order valence-electron chi connectivity index (χ1n) is 8.73. The first-order valence-corrected chi connectivity index (χ1v) is 9.55. The molecule has 4 heteroatoms. The van der Waals surface area contributed by atoms with Crippen LogP contribution in [-0.4, -0.2) is 17.4 Å². The molecule has 0 aliphatic heterocycles. The fraction of sp³-hybridized carbons (Fsp3) is 0.182. The van der Waals surface area contributed by atoms with Crippen molar-refractivity contribution in [3.05, 3.63) is 76.2 Å². The molecule has 0 radical (unpaired) electrons. The SMILES string of the molecule is Cc1cccc(CCNC(=O)c2cc3cc4ccc(C)cc4nc3s2)c1. The molecule has 1 amide bonds. The number of fused-ring (bicyclic) bond motifs is 2. The summed E-state index contributed by atoms with van der Waals surface area (Å²) >= 11 is 1.45. The minimum Gasteiger partial charge on any atom is -0.351 e. The summed E-state index contributed by atoms with van der Waals surface area (Å²) in [6.45, 7) is 4.77. The van der Waals surface area contributed by atoms with Gasteiger partial charge >= 0.3 is 0 Å². The molecule has 130 valence electrons. The highest BCUT2D eigenvalue weighted by Gasteiger charge is 2.11. The summed E-state index contributed by atoms with van der Waals surface area (Å²) in [7, 11) is 0. The van der Waals surface area contributed by atoms with Gasteiger partial charge in [0.1, 0.15) is 4.83 Å². The number of pyridine rings is 1. The summed E-state index contributed by atoms with van der Waals surface area (Å²) in [4.78, 5) is 18.8. The maximum absolute atomic E-state index is 12.5. The topological polar surface area (TPSA) is 42.0 Å². The van der Waals surface area contributed by atoms with Gasteiger partial charge < -0.3 is 5.32 Å². The van der Waals surface area contributed by atoms with Gasteiger partial charge in [0.25, 0.3) is 5.91 Å². The molecule has 0 saturated heterocycles. The van der Waals surface area contributed by atoms with E-state index in [0.717, 1.165) is 27.5 Å². The largest absolute Gasteiger partial charge is 0.351 e. The van der Waals surface area contributed by atoms with Gasteiger partial charge in [-0.1, -0.05) is 42.0 Å². The highest BCUT2D eigenvalue weighted by Crippen LogP contribution is 2.27. The molecule has 2 heterocycles. The molecular formula is C22H20N2OS. The molecule has 0 atom stereocenters. The van der Waals surface area contributed by atoms with E-state index in [-0.39, 0.29) is 5.91 Å². The lowest BCUT2D eigenvalue weighted by Gasteiger charge is -2.04. The Morgan fingerprint density at radius 2 is 1.85 bits per heavy atom. The van der Waals surface area contributed by atoms with Crippen molar-refractivity contribution in [1.82, 2.24) is 10.3 Å². The van der Waals surface area contributed by atoms with Gasteiger partial charge in [-0.05, 0) is 49.6 Å². The van der Waals surface area contributed by atoms with Crippen molar-refractivity contribution < 1.29 is 4.79 Å². The van der Waals surface area contributed by atoms with Crippen LogP contribution in [0.3, 0.4) is 0 Å². The molecule has 0 aliphatic rings. The number of nitrogens with zero attached hydrogens (tertiary/aromatic N) is 1. The quantitative estimate of drug-likeness (QED) is 0.554. The maximum Gasteiger partial charge on any atom is 0.261 e. The molecule has 26 heavy (non-hydrogen) atoms. The number of nitrogens with one attached hydrogen (secondary N) is 1. The van der Waals surface area contributed by atoms with Crippen molar-refractivity contribution in [2.24, 2.45) is 0 Å². The van der Waals surface area contributed by atoms with Crippen molar-refractivity contribution in [1.29, 1.82) is 0 Å². The summed E-state index contributed by atoms with van der Waals surface area (Å²) in [6.07, 6.45) is 0.833. The predicted molar refractivity (Wildman–Crippen MR) is 109 cm³/mol. The molecule has 4 rings (SSSR count). The minimum atomic E-state index is -0.0270. The Kier molecular flexibility index (Phi) is 4.43. The van der Waals surface area contributed by atoms with Crippen LogP contribution in [0.4, 0.5) is 0 Å². The summed E-state index contributed by atoms with van der Waals surface area (Å²) in [5, 5.41) is 5.15. The average molecular weight is 360 g/mol. The van der Waals surface area contributed by atoms with Crippen molar-refractivity contribution in [2.45, 2.75) is 20.3 Å². The van der Waals surface area contributed by atoms with Gasteiger partial charge in [-0.2, -0.15) is 0 Å². The van der Waals surface area contributed by atoms with Crippen molar-refractivity contribution in [3.8, 4) is 0 Å². The van der Waals surface area contributed by atoms with E-state index in [9.17, 15) is 4.79 Å². The van der Waals surface area contributed by atoms with Gasteiger partial charge in [-0.3, -0.25) is 4.79 Å². The molecule has 0 saturated carbocycles. The number of rotatable bonds is 4. The number of carbonyl (C=O) groups is 1. The molecule has 1 N–H and O–H groups in total. The number of hydrogen-bond donors (Lipinski definition) is 1. The molecule has 0 unspecified atom stereocenters. The van der Waals surface area contributed by atoms with Gasteiger partial charge in [0.2, 0.25) is 0 Å². The average Bonchev–Trinajstić information content (AvgIpc) is 3.02. The first-order chi connectivity index (χ1) is 12.6. The zero-order valence-electron chi connectivity index (χ0n) is 14.9. The number of aromatic nitrogens is 1. The van der Waals surface area contributed by atoms with Crippen LogP contribution in [0.1, 0.15) is 26.4 Å². The van der Waals surface area contributed by atoms with Crippen LogP contribution >= 0.6 is 11.3 Å². The van der Waals surface area contributed by atoms with Gasteiger partial charge in [0.05, 0.1) is 10.4 Å².